The van der Waals surface area contributed by atoms with Gasteiger partial charge in [0.15, 0.2) is 0 Å². The van der Waals surface area contributed by atoms with Crippen LogP contribution in [0.1, 0.15) is 52.0 Å². The molecule has 0 saturated heterocycles. The van der Waals surface area contributed by atoms with E-state index in [-0.39, 0.29) is 0 Å². The van der Waals surface area contributed by atoms with Crippen LogP contribution < -0.4 is 11.1 Å². The van der Waals surface area contributed by atoms with Crippen LogP contribution in [0.4, 0.5) is 11.8 Å². The molecular formula is C17H29N5. The summed E-state index contributed by atoms with van der Waals surface area (Å²) in [5.74, 6) is 1.19. The van der Waals surface area contributed by atoms with Crippen molar-refractivity contribution in [3.63, 3.8) is 0 Å². The van der Waals surface area contributed by atoms with Crippen molar-refractivity contribution in [3.05, 3.63) is 23.4 Å². The van der Waals surface area contributed by atoms with E-state index in [2.05, 4.69) is 40.2 Å². The van der Waals surface area contributed by atoms with Gasteiger partial charge in [-0.15, -0.1) is 0 Å². The lowest BCUT2D eigenvalue weighted by atomic mass is 10.0. The van der Waals surface area contributed by atoms with Crippen molar-refractivity contribution in [2.45, 2.75) is 52.9 Å². The van der Waals surface area contributed by atoms with Crippen LogP contribution in [0.5, 0.6) is 0 Å². The largest absolute Gasteiger partial charge is 0.370 e. The summed E-state index contributed by atoms with van der Waals surface area (Å²) in [6.07, 6.45) is 9.20. The second-order valence-corrected chi connectivity index (χ2v) is 5.40. The molecule has 1 aromatic heterocycles. The number of hydrogen-bond donors (Lipinski definition) is 2. The molecule has 0 atom stereocenters. The van der Waals surface area contributed by atoms with Crippen LogP contribution in [-0.2, 0) is 6.42 Å². The van der Waals surface area contributed by atoms with Crippen LogP contribution in [-0.4, -0.2) is 29.3 Å². The Bertz CT molecular complexity index is 520. The van der Waals surface area contributed by atoms with E-state index in [9.17, 15) is 0 Å². The first kappa shape index (κ1) is 18.1. The quantitative estimate of drug-likeness (QED) is 0.539. The molecule has 5 heteroatoms. The normalized spacial score (nSPS) is 12.5. The lowest BCUT2D eigenvalue weighted by Gasteiger charge is -2.12. The van der Waals surface area contributed by atoms with Crippen molar-refractivity contribution >= 4 is 17.5 Å². The first-order chi connectivity index (χ1) is 10.6. The number of rotatable bonds is 9. The van der Waals surface area contributed by atoms with Gasteiger partial charge in [-0.1, -0.05) is 25.8 Å². The molecule has 122 valence electrons. The van der Waals surface area contributed by atoms with Crippen LogP contribution in [0.25, 0.3) is 0 Å². The lowest BCUT2D eigenvalue weighted by molar-refractivity contribution is 0.823. The summed E-state index contributed by atoms with van der Waals surface area (Å²) in [6.45, 7) is 7.29. The maximum Gasteiger partial charge on any atom is 0.221 e. The van der Waals surface area contributed by atoms with Gasteiger partial charge in [-0.25, -0.2) is 4.98 Å². The first-order valence-corrected chi connectivity index (χ1v) is 8.08. The van der Waals surface area contributed by atoms with Crippen molar-refractivity contribution in [1.82, 2.24) is 9.97 Å². The summed E-state index contributed by atoms with van der Waals surface area (Å²) in [7, 11) is 1.82. The van der Waals surface area contributed by atoms with Gasteiger partial charge in [0.25, 0.3) is 0 Å². The predicted molar refractivity (Wildman–Crippen MR) is 95.6 cm³/mol. The number of unbranched alkanes of at least 4 members (excludes halogenated alkanes) is 1. The number of nitrogen functional groups attached to an aromatic ring is 1. The predicted octanol–water partition coefficient (Wildman–Crippen LogP) is 3.63. The highest BCUT2D eigenvalue weighted by Crippen LogP contribution is 2.18. The second-order valence-electron chi connectivity index (χ2n) is 5.40. The monoisotopic (exact) mass is 303 g/mol. The molecule has 1 rings (SSSR count). The molecule has 0 aliphatic carbocycles. The van der Waals surface area contributed by atoms with Crippen LogP contribution in [0.3, 0.4) is 0 Å². The van der Waals surface area contributed by atoms with Crippen LogP contribution in [0.15, 0.2) is 22.8 Å². The number of hydrogen-bond acceptors (Lipinski definition) is 5. The Morgan fingerprint density at radius 3 is 2.82 bits per heavy atom. The second kappa shape index (κ2) is 9.92. The van der Waals surface area contributed by atoms with E-state index < -0.39 is 0 Å². The smallest absolute Gasteiger partial charge is 0.221 e. The highest BCUT2D eigenvalue weighted by molar-refractivity contribution is 5.93. The summed E-state index contributed by atoms with van der Waals surface area (Å²) in [6, 6.07) is 0. The number of anilines is 2. The van der Waals surface area contributed by atoms with Gasteiger partial charge < -0.3 is 11.1 Å². The number of nitrogens with one attached hydrogen (secondary N) is 1. The molecule has 1 aromatic rings. The molecule has 22 heavy (non-hydrogen) atoms. The van der Waals surface area contributed by atoms with E-state index >= 15 is 0 Å². The minimum atomic E-state index is 0.322. The summed E-state index contributed by atoms with van der Waals surface area (Å²) in [5.41, 5.74) is 9.28. The average molecular weight is 303 g/mol. The summed E-state index contributed by atoms with van der Waals surface area (Å²) < 4.78 is 0. The fourth-order valence-corrected chi connectivity index (χ4v) is 2.15. The van der Waals surface area contributed by atoms with Gasteiger partial charge in [-0.2, -0.15) is 4.98 Å². The maximum absolute atomic E-state index is 5.71. The summed E-state index contributed by atoms with van der Waals surface area (Å²) in [5, 5.41) is 3.37. The average Bonchev–Trinajstić information content (AvgIpc) is 2.52. The van der Waals surface area contributed by atoms with Crippen molar-refractivity contribution in [1.29, 1.82) is 0 Å². The molecule has 0 fully saturated rings. The van der Waals surface area contributed by atoms with E-state index in [0.717, 1.165) is 55.7 Å². The number of nitrogens with two attached hydrogens (primary N) is 1. The van der Waals surface area contributed by atoms with E-state index in [1.807, 2.05) is 20.2 Å². The van der Waals surface area contributed by atoms with Gasteiger partial charge in [0.05, 0.1) is 0 Å². The van der Waals surface area contributed by atoms with Crippen molar-refractivity contribution < 1.29 is 0 Å². The van der Waals surface area contributed by atoms with Crippen molar-refractivity contribution in [3.8, 4) is 0 Å². The molecule has 0 amide bonds. The van der Waals surface area contributed by atoms with Crippen LogP contribution in [0, 0.1) is 0 Å². The fourth-order valence-electron chi connectivity index (χ4n) is 2.15. The number of aryl methyl sites for hydroxylation is 1. The summed E-state index contributed by atoms with van der Waals surface area (Å²) in [4.78, 5) is 12.7. The molecule has 0 unspecified atom stereocenters. The highest BCUT2D eigenvalue weighted by Gasteiger charge is 2.07. The third-order valence-electron chi connectivity index (χ3n) is 3.64. The van der Waals surface area contributed by atoms with E-state index in [1.165, 1.54) is 5.57 Å². The molecule has 0 aliphatic rings. The molecule has 3 N–H and O–H groups in total. The Hall–Kier alpha value is -1.91. The van der Waals surface area contributed by atoms with Gasteiger partial charge in [0.1, 0.15) is 5.82 Å². The van der Waals surface area contributed by atoms with Crippen molar-refractivity contribution in [2.24, 2.45) is 4.99 Å². The van der Waals surface area contributed by atoms with Crippen LogP contribution >= 0.6 is 0 Å². The van der Waals surface area contributed by atoms with Gasteiger partial charge in [-0.05, 0) is 38.7 Å². The Kier molecular flexibility index (Phi) is 8.18. The molecule has 0 bridgehead atoms. The third-order valence-corrected chi connectivity index (χ3v) is 3.64. The number of nitrogens with zero attached hydrogens (tertiary/aromatic N) is 3. The van der Waals surface area contributed by atoms with E-state index in [4.69, 9.17) is 5.73 Å². The van der Waals surface area contributed by atoms with Gasteiger partial charge >= 0.3 is 0 Å². The SMILES string of the molecule is CCCCNc1nc(N)ncc1CC/C(=C/C(C)=NC)CC. The molecular weight excluding hydrogens is 274 g/mol. The zero-order valence-corrected chi connectivity index (χ0v) is 14.3. The molecule has 0 spiro atoms. The third kappa shape index (κ3) is 6.24. The molecule has 0 radical (unpaired) electrons. The highest BCUT2D eigenvalue weighted by atomic mass is 15.1. The zero-order valence-electron chi connectivity index (χ0n) is 14.3. The lowest BCUT2D eigenvalue weighted by Crippen LogP contribution is -2.09. The zero-order chi connectivity index (χ0) is 16.4. The molecule has 5 nitrogen and oxygen atoms in total. The Morgan fingerprint density at radius 1 is 1.41 bits per heavy atom. The number of aliphatic imine (C=N–C) groups is 1. The van der Waals surface area contributed by atoms with Gasteiger partial charge in [0.2, 0.25) is 5.95 Å². The minimum absolute atomic E-state index is 0.322. The summed E-state index contributed by atoms with van der Waals surface area (Å²) >= 11 is 0. The fraction of sp³-hybridized carbons (Fsp3) is 0.588. The van der Waals surface area contributed by atoms with Gasteiger partial charge in [-0.3, -0.25) is 4.99 Å². The molecule has 0 saturated carbocycles. The van der Waals surface area contributed by atoms with E-state index in [0.29, 0.717) is 5.95 Å². The van der Waals surface area contributed by atoms with E-state index in [1.54, 1.807) is 0 Å². The number of allylic oxidation sites excluding steroid dienone is 2. The van der Waals surface area contributed by atoms with Crippen molar-refractivity contribution in [2.75, 3.05) is 24.6 Å². The Balaban J connectivity index is 2.77. The minimum Gasteiger partial charge on any atom is -0.370 e. The molecule has 0 aliphatic heterocycles. The first-order valence-electron chi connectivity index (χ1n) is 8.08. The molecule has 0 aromatic carbocycles. The maximum atomic E-state index is 5.71. The molecule has 1 heterocycles. The van der Waals surface area contributed by atoms with Gasteiger partial charge in [0, 0.05) is 31.1 Å². The number of aromatic nitrogens is 2. The topological polar surface area (TPSA) is 76.2 Å². The van der Waals surface area contributed by atoms with Crippen LogP contribution in [0.2, 0.25) is 0 Å². The standard InChI is InChI=1S/C17H29N5/c1-5-7-10-20-16-15(12-21-17(18)22-16)9-8-14(6-2)11-13(3)19-4/h11-12H,5-10H2,1-4H3,(H3,18,20,21,22)/b14-11+,19-13?. The Labute approximate surface area is 134 Å². The Morgan fingerprint density at radius 2 is 2.18 bits per heavy atom.